The summed E-state index contributed by atoms with van der Waals surface area (Å²) in [6, 6.07) is 0.995. The van der Waals surface area contributed by atoms with E-state index < -0.39 is 51.0 Å². The zero-order valence-electron chi connectivity index (χ0n) is 10.0. The highest BCUT2D eigenvalue weighted by molar-refractivity contribution is 7.89. The topological polar surface area (TPSA) is 113 Å². The van der Waals surface area contributed by atoms with Crippen molar-refractivity contribution in [1.29, 1.82) is 0 Å². The number of nitrogens with two attached hydrogens (primary N) is 1. The predicted molar refractivity (Wildman–Crippen MR) is 63.7 cm³/mol. The summed E-state index contributed by atoms with van der Waals surface area (Å²) >= 11 is 0. The monoisotopic (exact) mass is 296 g/mol. The minimum absolute atomic E-state index is 0.355. The van der Waals surface area contributed by atoms with E-state index in [1.807, 2.05) is 4.72 Å². The minimum Gasteiger partial charge on any atom is -0.396 e. The van der Waals surface area contributed by atoms with Gasteiger partial charge in [-0.2, -0.15) is 0 Å². The number of benzene rings is 1. The van der Waals surface area contributed by atoms with Crippen molar-refractivity contribution in [3.63, 3.8) is 0 Å². The number of hydrogen-bond donors (Lipinski definition) is 4. The molecule has 0 heterocycles. The highest BCUT2D eigenvalue weighted by Crippen LogP contribution is 2.21. The summed E-state index contributed by atoms with van der Waals surface area (Å²) in [5.74, 6) is -2.37. The molecule has 0 bridgehead atoms. The van der Waals surface area contributed by atoms with Crippen LogP contribution >= 0.6 is 0 Å². The second-order valence-electron chi connectivity index (χ2n) is 4.28. The third kappa shape index (κ3) is 3.83. The number of rotatable bonds is 5. The van der Waals surface area contributed by atoms with Crippen molar-refractivity contribution in [3.05, 3.63) is 23.8 Å². The Morgan fingerprint density at radius 2 is 1.95 bits per heavy atom. The number of nitrogens with one attached hydrogen (secondary N) is 1. The van der Waals surface area contributed by atoms with Gasteiger partial charge in [0.2, 0.25) is 10.0 Å². The zero-order valence-corrected chi connectivity index (χ0v) is 10.8. The molecule has 5 N–H and O–H groups in total. The molecule has 0 aliphatic carbocycles. The van der Waals surface area contributed by atoms with E-state index in [0.717, 1.165) is 0 Å². The fourth-order valence-corrected chi connectivity index (χ4v) is 2.39. The maximum Gasteiger partial charge on any atom is 0.243 e. The van der Waals surface area contributed by atoms with Crippen LogP contribution in [-0.4, -0.2) is 37.4 Å². The molecule has 0 aromatic heterocycles. The zero-order chi connectivity index (χ0) is 14.8. The van der Waals surface area contributed by atoms with Crippen molar-refractivity contribution in [2.75, 3.05) is 18.9 Å². The van der Waals surface area contributed by atoms with Gasteiger partial charge in [-0.15, -0.1) is 0 Å². The fourth-order valence-electron chi connectivity index (χ4n) is 1.13. The molecule has 0 spiro atoms. The summed E-state index contributed by atoms with van der Waals surface area (Å²) in [5.41, 5.74) is 2.95. The van der Waals surface area contributed by atoms with E-state index in [9.17, 15) is 22.3 Å². The van der Waals surface area contributed by atoms with Crippen LogP contribution in [-0.2, 0) is 10.0 Å². The lowest BCUT2D eigenvalue weighted by molar-refractivity contribution is 0.00680. The molecule has 108 valence electrons. The molecule has 0 aliphatic heterocycles. The van der Waals surface area contributed by atoms with Gasteiger partial charge in [0, 0.05) is 12.6 Å². The van der Waals surface area contributed by atoms with Crippen molar-refractivity contribution in [3.8, 4) is 0 Å². The van der Waals surface area contributed by atoms with Gasteiger partial charge in [0.1, 0.15) is 16.5 Å². The van der Waals surface area contributed by atoms with Gasteiger partial charge in [-0.3, -0.25) is 0 Å². The van der Waals surface area contributed by atoms with Crippen LogP contribution in [0.3, 0.4) is 0 Å². The van der Waals surface area contributed by atoms with Crippen molar-refractivity contribution in [2.24, 2.45) is 0 Å². The molecule has 19 heavy (non-hydrogen) atoms. The summed E-state index contributed by atoms with van der Waals surface area (Å²) < 4.78 is 51.7. The lowest BCUT2D eigenvalue weighted by Crippen LogP contribution is -2.43. The molecule has 0 saturated carbocycles. The second kappa shape index (κ2) is 5.37. The molecular weight excluding hydrogens is 282 g/mol. The minimum atomic E-state index is -4.32. The number of halogens is 2. The van der Waals surface area contributed by atoms with Crippen LogP contribution in [0.2, 0.25) is 0 Å². The quantitative estimate of drug-likeness (QED) is 0.551. The van der Waals surface area contributed by atoms with E-state index in [4.69, 9.17) is 10.8 Å². The van der Waals surface area contributed by atoms with Crippen LogP contribution in [0.5, 0.6) is 0 Å². The molecule has 6 nitrogen and oxygen atoms in total. The Kier molecular flexibility index (Phi) is 4.46. The Labute approximate surface area is 108 Å². The standard InChI is InChI=1S/C10H14F2N2O4S/c1-10(16,5-15)4-14-19(17,18)9-3-8(13)6(11)2-7(9)12/h2-3,14-16H,4-5,13H2,1H3. The molecule has 1 aromatic rings. The average molecular weight is 296 g/mol. The van der Waals surface area contributed by atoms with Crippen LogP contribution < -0.4 is 10.5 Å². The third-order valence-corrected chi connectivity index (χ3v) is 3.74. The Morgan fingerprint density at radius 1 is 1.37 bits per heavy atom. The van der Waals surface area contributed by atoms with Gasteiger partial charge in [-0.05, 0) is 13.0 Å². The van der Waals surface area contributed by atoms with Gasteiger partial charge in [-0.1, -0.05) is 0 Å². The molecule has 0 fully saturated rings. The third-order valence-electron chi connectivity index (χ3n) is 2.32. The summed E-state index contributed by atoms with van der Waals surface area (Å²) in [4.78, 5) is -0.833. The first-order chi connectivity index (χ1) is 8.59. The van der Waals surface area contributed by atoms with Crippen LogP contribution in [0, 0.1) is 11.6 Å². The molecule has 1 rings (SSSR count). The smallest absolute Gasteiger partial charge is 0.243 e. The first kappa shape index (κ1) is 15.8. The van der Waals surface area contributed by atoms with Gasteiger partial charge >= 0.3 is 0 Å². The van der Waals surface area contributed by atoms with Crippen molar-refractivity contribution < 1.29 is 27.4 Å². The van der Waals surface area contributed by atoms with E-state index in [1.54, 1.807) is 0 Å². The van der Waals surface area contributed by atoms with Gasteiger partial charge in [0.25, 0.3) is 0 Å². The van der Waals surface area contributed by atoms with Gasteiger partial charge in [0.05, 0.1) is 17.9 Å². The van der Waals surface area contributed by atoms with Gasteiger partial charge < -0.3 is 15.9 Å². The SMILES string of the molecule is CC(O)(CO)CNS(=O)(=O)c1cc(N)c(F)cc1F. The Balaban J connectivity index is 3.05. The molecule has 1 atom stereocenters. The lowest BCUT2D eigenvalue weighted by Gasteiger charge is -2.20. The number of hydrogen-bond acceptors (Lipinski definition) is 5. The number of aliphatic hydroxyl groups is 2. The highest BCUT2D eigenvalue weighted by atomic mass is 32.2. The summed E-state index contributed by atoms with van der Waals surface area (Å²) in [7, 11) is -4.32. The second-order valence-corrected chi connectivity index (χ2v) is 6.02. The lowest BCUT2D eigenvalue weighted by atomic mass is 10.1. The van der Waals surface area contributed by atoms with Crippen molar-refractivity contribution in [1.82, 2.24) is 4.72 Å². The number of nitrogen functional groups attached to an aromatic ring is 1. The van der Waals surface area contributed by atoms with E-state index in [0.29, 0.717) is 12.1 Å². The Bertz CT molecular complexity index is 575. The summed E-state index contributed by atoms with van der Waals surface area (Å²) in [6.07, 6.45) is 0. The van der Waals surface area contributed by atoms with Crippen LogP contribution in [0.4, 0.5) is 14.5 Å². The first-order valence-corrected chi connectivity index (χ1v) is 6.65. The van der Waals surface area contributed by atoms with Gasteiger partial charge in [0.15, 0.2) is 0 Å². The van der Waals surface area contributed by atoms with E-state index in [1.165, 1.54) is 6.92 Å². The van der Waals surface area contributed by atoms with Crippen LogP contribution in [0.15, 0.2) is 17.0 Å². The maximum atomic E-state index is 13.4. The molecular formula is C10H14F2N2O4S. The number of anilines is 1. The maximum absolute atomic E-state index is 13.4. The molecule has 0 saturated heterocycles. The largest absolute Gasteiger partial charge is 0.396 e. The first-order valence-electron chi connectivity index (χ1n) is 5.16. The molecule has 9 heteroatoms. The average Bonchev–Trinajstić information content (AvgIpc) is 2.31. The van der Waals surface area contributed by atoms with E-state index >= 15 is 0 Å². The van der Waals surface area contributed by atoms with Crippen LogP contribution in [0.1, 0.15) is 6.92 Å². The molecule has 1 unspecified atom stereocenters. The van der Waals surface area contributed by atoms with E-state index in [2.05, 4.69) is 0 Å². The number of sulfonamides is 1. The van der Waals surface area contributed by atoms with Crippen molar-refractivity contribution in [2.45, 2.75) is 17.4 Å². The molecule has 0 aliphatic rings. The molecule has 0 radical (unpaired) electrons. The van der Waals surface area contributed by atoms with Gasteiger partial charge in [-0.25, -0.2) is 21.9 Å². The van der Waals surface area contributed by atoms with E-state index in [-0.39, 0.29) is 0 Å². The predicted octanol–water partition coefficient (Wildman–Crippen LogP) is -0.431. The summed E-state index contributed by atoms with van der Waals surface area (Å²) in [6.45, 7) is -0.0446. The van der Waals surface area contributed by atoms with Crippen molar-refractivity contribution >= 4 is 15.7 Å². The highest BCUT2D eigenvalue weighted by Gasteiger charge is 2.26. The summed E-state index contributed by atoms with van der Waals surface area (Å²) in [5, 5.41) is 18.2. The fraction of sp³-hybridized carbons (Fsp3) is 0.400. The Hall–Kier alpha value is -1.29. The Morgan fingerprint density at radius 3 is 2.47 bits per heavy atom. The molecule has 0 amide bonds. The normalized spacial score (nSPS) is 15.2. The van der Waals surface area contributed by atoms with Crippen LogP contribution in [0.25, 0.3) is 0 Å². The number of aliphatic hydroxyl groups excluding tert-OH is 1. The molecule has 1 aromatic carbocycles.